The van der Waals surface area contributed by atoms with E-state index in [2.05, 4.69) is 57.3 Å². The summed E-state index contributed by atoms with van der Waals surface area (Å²) in [5.41, 5.74) is 0. The van der Waals surface area contributed by atoms with Crippen molar-refractivity contribution in [2.75, 3.05) is 0 Å². The number of H-pyrrole nitrogens is 3. The molecule has 58 valence electrons. The molecule has 5 nitrogen and oxygen atoms in total. The molecule has 0 saturated carbocycles. The monoisotopic (exact) mass is 255 g/mol. The smallest absolute Gasteiger partial charge is 0.147 e. The second kappa shape index (κ2) is 3.13. The molecule has 0 saturated heterocycles. The highest BCUT2D eigenvalue weighted by Gasteiger charge is 1.98. The van der Waals surface area contributed by atoms with Gasteiger partial charge >= 0.3 is 0 Å². The van der Waals surface area contributed by atoms with Crippen LogP contribution in [-0.2, 0) is 0 Å². The molecule has 0 spiro atoms. The van der Waals surface area contributed by atoms with Gasteiger partial charge in [0.25, 0.3) is 0 Å². The summed E-state index contributed by atoms with van der Waals surface area (Å²) in [6, 6.07) is 0. The van der Waals surface area contributed by atoms with Crippen molar-refractivity contribution in [1.82, 2.24) is 23.6 Å². The van der Waals surface area contributed by atoms with Crippen LogP contribution in [-0.4, -0.2) is 23.6 Å². The maximum Gasteiger partial charge on any atom is 0.147 e. The summed E-state index contributed by atoms with van der Waals surface area (Å²) in [5.74, 6) is 1.33. The zero-order valence-corrected chi connectivity index (χ0v) is 8.01. The molecule has 1 rings (SSSR count). The van der Waals surface area contributed by atoms with Crippen LogP contribution in [0.15, 0.2) is 0 Å². The van der Waals surface area contributed by atoms with E-state index in [-0.39, 0.29) is 0 Å². The fourth-order valence-corrected chi connectivity index (χ4v) is 0.896. The average Bonchev–Trinajstić information content (AvgIpc) is 1.88. The fourth-order valence-electron chi connectivity index (χ4n) is 0.541. The summed E-state index contributed by atoms with van der Waals surface area (Å²) in [5, 5.41) is 12.4. The molecule has 0 unspecified atom stereocenters. The second-order valence-corrected chi connectivity index (χ2v) is 3.23. The molecule has 6 heteroatoms. The Labute approximate surface area is 72.3 Å². The first-order valence-corrected chi connectivity index (χ1v) is 3.97. The maximum absolute atomic E-state index is 3.98. The number of nitrogens with zero attached hydrogens (tertiary/aromatic N) is 2. The van der Waals surface area contributed by atoms with E-state index in [0.29, 0.717) is 5.92 Å². The Morgan fingerprint density at radius 2 is 2.30 bits per heavy atom. The number of nitrogens with one attached hydrogen (secondary N) is 3. The van der Waals surface area contributed by atoms with E-state index < -0.39 is 0 Å². The number of aromatic nitrogens is 5. The molecule has 1 aromatic heterocycles. The molecule has 0 fully saturated rings. The number of halogens is 1. The quantitative estimate of drug-likeness (QED) is 0.651. The molecular weight excluding hydrogens is 245 g/mol. The van der Waals surface area contributed by atoms with Crippen LogP contribution in [0.5, 0.6) is 0 Å². The van der Waals surface area contributed by atoms with E-state index in [1.54, 1.807) is 3.01 Å². The van der Waals surface area contributed by atoms with Crippen molar-refractivity contribution in [2.45, 2.75) is 19.8 Å². The zero-order valence-electron chi connectivity index (χ0n) is 5.85. The van der Waals surface area contributed by atoms with Crippen molar-refractivity contribution in [3.05, 3.63) is 5.82 Å². The predicted octanol–water partition coefficient (Wildman–Crippen LogP) is 1.31. The SMILES string of the molecule is CC(C)c1n[nH][nH]n(I)[nH]1. The van der Waals surface area contributed by atoms with E-state index in [9.17, 15) is 0 Å². The lowest BCUT2D eigenvalue weighted by atomic mass is 10.2. The lowest BCUT2D eigenvalue weighted by Gasteiger charge is -2.04. The molecule has 0 aliphatic rings. The van der Waals surface area contributed by atoms with Crippen molar-refractivity contribution < 1.29 is 0 Å². The van der Waals surface area contributed by atoms with Crippen LogP contribution >= 0.6 is 22.9 Å². The molecule has 10 heavy (non-hydrogen) atoms. The van der Waals surface area contributed by atoms with Crippen LogP contribution in [0.1, 0.15) is 25.6 Å². The van der Waals surface area contributed by atoms with E-state index in [1.165, 1.54) is 0 Å². The van der Waals surface area contributed by atoms with Gasteiger partial charge in [-0.1, -0.05) is 13.8 Å². The van der Waals surface area contributed by atoms with E-state index in [1.807, 2.05) is 0 Å². The Morgan fingerprint density at radius 1 is 1.60 bits per heavy atom. The molecule has 0 amide bonds. The van der Waals surface area contributed by atoms with Crippen molar-refractivity contribution in [2.24, 2.45) is 0 Å². The van der Waals surface area contributed by atoms with E-state index in [0.717, 1.165) is 5.82 Å². The van der Waals surface area contributed by atoms with Crippen molar-refractivity contribution in [3.8, 4) is 0 Å². The van der Waals surface area contributed by atoms with Crippen LogP contribution in [0.3, 0.4) is 0 Å². The summed E-state index contributed by atoms with van der Waals surface area (Å²) in [4.78, 5) is 0. The summed E-state index contributed by atoms with van der Waals surface area (Å²) in [6.45, 7) is 4.15. The maximum atomic E-state index is 3.98. The number of rotatable bonds is 1. The van der Waals surface area contributed by atoms with Crippen LogP contribution in [0, 0.1) is 0 Å². The molecule has 0 aliphatic heterocycles. The van der Waals surface area contributed by atoms with Gasteiger partial charge < -0.3 is 0 Å². The highest BCUT2D eigenvalue weighted by atomic mass is 127. The Morgan fingerprint density at radius 3 is 2.70 bits per heavy atom. The van der Waals surface area contributed by atoms with Gasteiger partial charge in [-0.3, -0.25) is 5.10 Å². The molecule has 0 radical (unpaired) electrons. The summed E-state index contributed by atoms with van der Waals surface area (Å²) in [7, 11) is 0. The molecule has 0 aliphatic carbocycles. The van der Waals surface area contributed by atoms with Crippen molar-refractivity contribution in [3.63, 3.8) is 0 Å². The molecule has 0 bridgehead atoms. The fraction of sp³-hybridized carbons (Fsp3) is 0.750. The van der Waals surface area contributed by atoms with Gasteiger partial charge in [0, 0.05) is 5.92 Å². The number of hydrogen-bond acceptors (Lipinski definition) is 1. The second-order valence-electron chi connectivity index (χ2n) is 2.27. The lowest BCUT2D eigenvalue weighted by molar-refractivity contribution is 0.592. The molecule has 0 aromatic carbocycles. The minimum Gasteiger partial charge on any atom is -0.259 e. The summed E-state index contributed by atoms with van der Waals surface area (Å²) >= 11 is 2.07. The van der Waals surface area contributed by atoms with Crippen LogP contribution in [0.25, 0.3) is 0 Å². The van der Waals surface area contributed by atoms with Gasteiger partial charge in [0.1, 0.15) is 28.7 Å². The Kier molecular flexibility index (Phi) is 2.41. The predicted molar refractivity (Wildman–Crippen MR) is 46.4 cm³/mol. The van der Waals surface area contributed by atoms with Crippen LogP contribution in [0.4, 0.5) is 0 Å². The Hall–Kier alpha value is -0.400. The molecule has 3 N–H and O–H groups in total. The first kappa shape index (κ1) is 7.70. The van der Waals surface area contributed by atoms with Crippen LogP contribution in [0.2, 0.25) is 0 Å². The minimum absolute atomic E-state index is 0.409. The summed E-state index contributed by atoms with van der Waals surface area (Å²) in [6.07, 6.45) is 0. The number of aromatic amines is 3. The Balaban J connectivity index is 2.96. The molecule has 1 aromatic rings. The average molecular weight is 255 g/mol. The topological polar surface area (TPSA) is 65.2 Å². The van der Waals surface area contributed by atoms with E-state index >= 15 is 0 Å². The van der Waals surface area contributed by atoms with Gasteiger partial charge in [0.15, 0.2) is 0 Å². The van der Waals surface area contributed by atoms with Gasteiger partial charge in [-0.25, -0.2) is 10.4 Å². The summed E-state index contributed by atoms with van der Waals surface area (Å²) < 4.78 is 1.68. The Bertz CT molecular complexity index is 225. The highest BCUT2D eigenvalue weighted by Crippen LogP contribution is 2.04. The lowest BCUT2D eigenvalue weighted by Crippen LogP contribution is -2.08. The minimum atomic E-state index is 0.409. The first-order chi connectivity index (χ1) is 4.70. The molecule has 1 heterocycles. The molecular formula is C4H10IN5. The molecule has 0 atom stereocenters. The van der Waals surface area contributed by atoms with Gasteiger partial charge in [-0.05, 0) is 0 Å². The van der Waals surface area contributed by atoms with Crippen molar-refractivity contribution in [1.29, 1.82) is 0 Å². The third-order valence-electron chi connectivity index (χ3n) is 1.08. The number of hydrogen-bond donors (Lipinski definition) is 3. The standard InChI is InChI=1S/C4H10IN5/c1-3(2)4-6-8-9-10(5)7-4/h3,8-9H,1-2H3,(H,6,7). The zero-order chi connectivity index (χ0) is 7.56. The van der Waals surface area contributed by atoms with Crippen molar-refractivity contribution >= 4 is 22.9 Å². The third kappa shape index (κ3) is 1.79. The van der Waals surface area contributed by atoms with Gasteiger partial charge in [0.2, 0.25) is 0 Å². The largest absolute Gasteiger partial charge is 0.259 e. The van der Waals surface area contributed by atoms with Gasteiger partial charge in [-0.2, -0.15) is 3.01 Å². The first-order valence-electron chi connectivity index (χ1n) is 3.01. The van der Waals surface area contributed by atoms with Crippen LogP contribution < -0.4 is 0 Å². The van der Waals surface area contributed by atoms with Gasteiger partial charge in [-0.15, -0.1) is 5.10 Å². The van der Waals surface area contributed by atoms with E-state index in [4.69, 9.17) is 0 Å². The normalized spacial score (nSPS) is 10.4. The third-order valence-corrected chi connectivity index (χ3v) is 1.57. The van der Waals surface area contributed by atoms with Gasteiger partial charge in [0.05, 0.1) is 0 Å². The highest BCUT2D eigenvalue weighted by molar-refractivity contribution is 14.1.